The van der Waals surface area contributed by atoms with Gasteiger partial charge >= 0.3 is 0 Å². The standard InChI is InChI=1S/C20H21N2O2.BrH/c1-23-17-9-5-15(6-10-17)19-14-22(20-4-3-13-21(19)20)16-7-11-18(24-2)12-8-16;/h5-12,14H,3-4,13H2,1-2H3;1H/q+1;/p-1. The van der Waals surface area contributed by atoms with Crippen LogP contribution in [0.5, 0.6) is 11.5 Å². The van der Waals surface area contributed by atoms with Gasteiger partial charge in [0.15, 0.2) is 5.69 Å². The third kappa shape index (κ3) is 3.16. The van der Waals surface area contributed by atoms with Crippen molar-refractivity contribution in [2.24, 2.45) is 0 Å². The number of fused-ring (bicyclic) bond motifs is 1. The number of imidazole rings is 1. The summed E-state index contributed by atoms with van der Waals surface area (Å²) in [6.07, 6.45) is 4.52. The van der Waals surface area contributed by atoms with E-state index in [0.717, 1.165) is 24.5 Å². The van der Waals surface area contributed by atoms with E-state index >= 15 is 0 Å². The summed E-state index contributed by atoms with van der Waals surface area (Å²) in [6.45, 7) is 1.07. The maximum atomic E-state index is 5.27. The number of hydrogen-bond acceptors (Lipinski definition) is 2. The molecule has 5 heteroatoms. The molecule has 0 N–H and O–H groups in total. The molecule has 130 valence electrons. The van der Waals surface area contributed by atoms with Gasteiger partial charge in [0.1, 0.15) is 23.4 Å². The summed E-state index contributed by atoms with van der Waals surface area (Å²) in [7, 11) is 3.39. The number of benzene rings is 2. The second-order valence-corrected chi connectivity index (χ2v) is 5.98. The van der Waals surface area contributed by atoms with Gasteiger partial charge < -0.3 is 26.5 Å². The molecule has 0 atom stereocenters. The van der Waals surface area contributed by atoms with Gasteiger partial charge in [0.2, 0.25) is 0 Å². The highest BCUT2D eigenvalue weighted by Gasteiger charge is 2.29. The first kappa shape index (κ1) is 17.5. The van der Waals surface area contributed by atoms with E-state index in [-0.39, 0.29) is 17.0 Å². The van der Waals surface area contributed by atoms with E-state index in [9.17, 15) is 0 Å². The molecule has 0 amide bonds. The molecule has 4 nitrogen and oxygen atoms in total. The minimum atomic E-state index is 0. The van der Waals surface area contributed by atoms with E-state index in [2.05, 4.69) is 39.6 Å². The van der Waals surface area contributed by atoms with Crippen LogP contribution >= 0.6 is 0 Å². The number of methoxy groups -OCH3 is 2. The smallest absolute Gasteiger partial charge is 0.262 e. The van der Waals surface area contributed by atoms with Crippen LogP contribution in [0.3, 0.4) is 0 Å². The number of nitrogens with zero attached hydrogens (tertiary/aromatic N) is 2. The van der Waals surface area contributed by atoms with Gasteiger partial charge in [0.25, 0.3) is 5.82 Å². The van der Waals surface area contributed by atoms with Crippen molar-refractivity contribution < 1.29 is 31.0 Å². The third-order valence-corrected chi connectivity index (χ3v) is 4.65. The quantitative estimate of drug-likeness (QED) is 0.592. The zero-order chi connectivity index (χ0) is 16.5. The lowest BCUT2D eigenvalue weighted by molar-refractivity contribution is -0.679. The van der Waals surface area contributed by atoms with Crippen LogP contribution in [0.1, 0.15) is 12.2 Å². The second-order valence-electron chi connectivity index (χ2n) is 5.98. The molecule has 3 aromatic rings. The first-order chi connectivity index (χ1) is 11.8. The molecule has 0 unspecified atom stereocenters. The zero-order valence-electron chi connectivity index (χ0n) is 14.4. The predicted molar refractivity (Wildman–Crippen MR) is 92.8 cm³/mol. The van der Waals surface area contributed by atoms with Crippen LogP contribution in [-0.2, 0) is 13.0 Å². The van der Waals surface area contributed by atoms with Crippen molar-refractivity contribution in [3.8, 4) is 28.4 Å². The predicted octanol–water partition coefficient (Wildman–Crippen LogP) is 0.399. The lowest BCUT2D eigenvalue weighted by Gasteiger charge is -2.01. The SMILES string of the molecule is COc1ccc(-c2cn(-c3ccc(OC)cc3)c3[n+]2CCC3)cc1.[Br-]. The van der Waals surface area contributed by atoms with Gasteiger partial charge in [0, 0.05) is 5.56 Å². The van der Waals surface area contributed by atoms with Crippen molar-refractivity contribution in [3.63, 3.8) is 0 Å². The summed E-state index contributed by atoms with van der Waals surface area (Å²) in [5.74, 6) is 3.12. The van der Waals surface area contributed by atoms with Crippen molar-refractivity contribution in [2.45, 2.75) is 19.4 Å². The van der Waals surface area contributed by atoms with Crippen molar-refractivity contribution in [3.05, 3.63) is 60.6 Å². The minimum Gasteiger partial charge on any atom is -1.00 e. The van der Waals surface area contributed by atoms with Gasteiger partial charge in [0.05, 0.1) is 27.2 Å². The van der Waals surface area contributed by atoms with Gasteiger partial charge in [-0.3, -0.25) is 0 Å². The van der Waals surface area contributed by atoms with Crippen molar-refractivity contribution >= 4 is 0 Å². The Morgan fingerprint density at radius 3 is 2.08 bits per heavy atom. The topological polar surface area (TPSA) is 27.3 Å². The summed E-state index contributed by atoms with van der Waals surface area (Å²) in [6, 6.07) is 16.5. The maximum absolute atomic E-state index is 5.27. The van der Waals surface area contributed by atoms with Crippen LogP contribution < -0.4 is 31.0 Å². The Hall–Kier alpha value is -2.27. The van der Waals surface area contributed by atoms with Gasteiger partial charge in [-0.05, 0) is 55.0 Å². The highest BCUT2D eigenvalue weighted by atomic mass is 79.9. The van der Waals surface area contributed by atoms with E-state index in [4.69, 9.17) is 9.47 Å². The van der Waals surface area contributed by atoms with Crippen LogP contribution in [-0.4, -0.2) is 18.8 Å². The summed E-state index contributed by atoms with van der Waals surface area (Å²) in [4.78, 5) is 0. The first-order valence-electron chi connectivity index (χ1n) is 8.23. The molecule has 2 aromatic carbocycles. The van der Waals surface area contributed by atoms with Crippen LogP contribution in [0.15, 0.2) is 54.7 Å². The molecular formula is C20H21BrN2O2. The molecular weight excluding hydrogens is 380 g/mol. The maximum Gasteiger partial charge on any atom is 0.262 e. The molecule has 0 radical (unpaired) electrons. The first-order valence-corrected chi connectivity index (χ1v) is 8.23. The molecule has 0 bridgehead atoms. The van der Waals surface area contributed by atoms with Crippen LogP contribution in [0.2, 0.25) is 0 Å². The number of rotatable bonds is 4. The van der Waals surface area contributed by atoms with Gasteiger partial charge in [-0.25, -0.2) is 4.57 Å². The molecule has 1 aromatic heterocycles. The molecule has 1 aliphatic heterocycles. The molecule has 0 aliphatic carbocycles. The average Bonchev–Trinajstić information content (AvgIpc) is 3.24. The summed E-state index contributed by atoms with van der Waals surface area (Å²) in [5.41, 5.74) is 3.63. The van der Waals surface area contributed by atoms with E-state index < -0.39 is 0 Å². The molecule has 0 fully saturated rings. The molecule has 1 aliphatic rings. The normalized spacial score (nSPS) is 12.4. The van der Waals surface area contributed by atoms with Crippen LogP contribution in [0.4, 0.5) is 0 Å². The Labute approximate surface area is 158 Å². The van der Waals surface area contributed by atoms with Gasteiger partial charge in [-0.2, -0.15) is 4.57 Å². The molecule has 0 saturated heterocycles. The summed E-state index contributed by atoms with van der Waals surface area (Å²) in [5, 5.41) is 0. The van der Waals surface area contributed by atoms with Crippen LogP contribution in [0.25, 0.3) is 16.9 Å². The van der Waals surface area contributed by atoms with Crippen molar-refractivity contribution in [2.75, 3.05) is 14.2 Å². The number of aromatic nitrogens is 2. The minimum absolute atomic E-state index is 0. The Bertz CT molecular complexity index is 785. The zero-order valence-corrected chi connectivity index (χ0v) is 16.0. The number of ether oxygens (including phenoxy) is 2. The fourth-order valence-electron chi connectivity index (χ4n) is 3.39. The van der Waals surface area contributed by atoms with Gasteiger partial charge in [-0.15, -0.1) is 0 Å². The summed E-state index contributed by atoms with van der Waals surface area (Å²) >= 11 is 0. The Morgan fingerprint density at radius 1 is 0.880 bits per heavy atom. The molecule has 25 heavy (non-hydrogen) atoms. The lowest BCUT2D eigenvalue weighted by atomic mass is 10.1. The fraction of sp³-hybridized carbons (Fsp3) is 0.250. The van der Waals surface area contributed by atoms with E-state index in [1.807, 2.05) is 24.3 Å². The summed E-state index contributed by atoms with van der Waals surface area (Å²) < 4.78 is 15.3. The highest BCUT2D eigenvalue weighted by molar-refractivity contribution is 5.58. The monoisotopic (exact) mass is 400 g/mol. The number of halogens is 1. The third-order valence-electron chi connectivity index (χ3n) is 4.65. The second kappa shape index (κ2) is 7.31. The molecule has 2 heterocycles. The fourth-order valence-corrected chi connectivity index (χ4v) is 3.39. The molecule has 0 saturated carbocycles. The van der Waals surface area contributed by atoms with Crippen molar-refractivity contribution in [1.82, 2.24) is 4.57 Å². The van der Waals surface area contributed by atoms with Crippen LogP contribution in [0, 0.1) is 0 Å². The number of hydrogen-bond donors (Lipinski definition) is 0. The van der Waals surface area contributed by atoms with E-state index in [1.54, 1.807) is 14.2 Å². The van der Waals surface area contributed by atoms with Gasteiger partial charge in [-0.1, -0.05) is 0 Å². The Kier molecular flexibility index (Phi) is 5.13. The molecule has 0 spiro atoms. The Morgan fingerprint density at radius 2 is 1.48 bits per heavy atom. The average molecular weight is 401 g/mol. The highest BCUT2D eigenvalue weighted by Crippen LogP contribution is 2.26. The largest absolute Gasteiger partial charge is 1.00 e. The van der Waals surface area contributed by atoms with Crippen molar-refractivity contribution in [1.29, 1.82) is 0 Å². The van der Waals surface area contributed by atoms with E-state index in [1.165, 1.54) is 29.2 Å². The van der Waals surface area contributed by atoms with E-state index in [0.29, 0.717) is 0 Å². The molecule has 4 rings (SSSR count). The lowest BCUT2D eigenvalue weighted by Crippen LogP contribution is -3.00. The Balaban J connectivity index is 0.00000182.